The number of rotatable bonds is 3. The van der Waals surface area contributed by atoms with Crippen LogP contribution in [0.5, 0.6) is 5.75 Å². The van der Waals surface area contributed by atoms with Crippen molar-refractivity contribution in [3.63, 3.8) is 0 Å². The van der Waals surface area contributed by atoms with Gasteiger partial charge in [0.05, 0.1) is 22.3 Å². The van der Waals surface area contributed by atoms with Crippen molar-refractivity contribution in [2.75, 3.05) is 0 Å². The molecule has 0 aliphatic heterocycles. The molecule has 92 valence electrons. The van der Waals surface area contributed by atoms with Gasteiger partial charge in [-0.3, -0.25) is 0 Å². The molecular formula is C12H8I2N2O2. The molecular weight excluding hydrogens is 458 g/mol. The SMILES string of the molecule is Oc1c(I)cc(I)cc1/C=N/N=C\c1ccco1. The Morgan fingerprint density at radius 2 is 1.94 bits per heavy atom. The van der Waals surface area contributed by atoms with Gasteiger partial charge in [0.25, 0.3) is 0 Å². The number of hydrogen-bond acceptors (Lipinski definition) is 4. The number of nitrogens with zero attached hydrogens (tertiary/aromatic N) is 2. The third kappa shape index (κ3) is 3.55. The third-order valence-electron chi connectivity index (χ3n) is 2.05. The van der Waals surface area contributed by atoms with E-state index in [1.54, 1.807) is 18.4 Å². The zero-order chi connectivity index (χ0) is 13.0. The number of hydrogen-bond donors (Lipinski definition) is 1. The van der Waals surface area contributed by atoms with Crippen molar-refractivity contribution in [3.8, 4) is 5.75 Å². The Kier molecular flexibility index (Phi) is 4.75. The first-order chi connectivity index (χ1) is 8.66. The van der Waals surface area contributed by atoms with Gasteiger partial charge in [-0.25, -0.2) is 0 Å². The molecule has 0 unspecified atom stereocenters. The van der Waals surface area contributed by atoms with Crippen LogP contribution in [0.15, 0.2) is 45.1 Å². The molecule has 0 amide bonds. The lowest BCUT2D eigenvalue weighted by Gasteiger charge is -2.01. The van der Waals surface area contributed by atoms with E-state index >= 15 is 0 Å². The van der Waals surface area contributed by atoms with Crippen LogP contribution < -0.4 is 0 Å². The van der Waals surface area contributed by atoms with E-state index in [1.807, 2.05) is 12.1 Å². The molecule has 0 spiro atoms. The minimum absolute atomic E-state index is 0.216. The summed E-state index contributed by atoms with van der Waals surface area (Å²) in [6.07, 6.45) is 4.59. The van der Waals surface area contributed by atoms with Crippen molar-refractivity contribution in [3.05, 3.63) is 49.0 Å². The van der Waals surface area contributed by atoms with Crippen LogP contribution in [0.3, 0.4) is 0 Å². The number of phenolic OH excluding ortho intramolecular Hbond substituents is 1. The van der Waals surface area contributed by atoms with Gasteiger partial charge in [-0.05, 0) is 69.4 Å². The Bertz CT molecular complexity index is 592. The van der Waals surface area contributed by atoms with Gasteiger partial charge < -0.3 is 9.52 Å². The minimum Gasteiger partial charge on any atom is -0.506 e. The lowest BCUT2D eigenvalue weighted by Crippen LogP contribution is -1.87. The van der Waals surface area contributed by atoms with Gasteiger partial charge in [-0.1, -0.05) is 0 Å². The van der Waals surface area contributed by atoms with Crippen LogP contribution in [0.25, 0.3) is 0 Å². The molecule has 0 saturated heterocycles. The summed E-state index contributed by atoms with van der Waals surface area (Å²) < 4.78 is 6.89. The highest BCUT2D eigenvalue weighted by atomic mass is 127. The Balaban J connectivity index is 2.14. The standard InChI is InChI=1S/C12H8I2N2O2/c13-9-4-8(12(17)11(14)5-9)6-15-16-7-10-2-1-3-18-10/h1-7,17H/b15-6+,16-7-. The molecule has 1 aromatic carbocycles. The molecule has 0 bridgehead atoms. The summed E-state index contributed by atoms with van der Waals surface area (Å²) >= 11 is 4.26. The Morgan fingerprint density at radius 1 is 1.17 bits per heavy atom. The second-order valence-corrected chi connectivity index (χ2v) is 5.74. The normalized spacial score (nSPS) is 11.7. The topological polar surface area (TPSA) is 58.1 Å². The van der Waals surface area contributed by atoms with Crippen molar-refractivity contribution in [1.29, 1.82) is 0 Å². The van der Waals surface area contributed by atoms with E-state index in [-0.39, 0.29) is 5.75 Å². The van der Waals surface area contributed by atoms with Gasteiger partial charge in [0, 0.05) is 9.13 Å². The quantitative estimate of drug-likeness (QED) is 0.427. The van der Waals surface area contributed by atoms with E-state index in [0.29, 0.717) is 11.3 Å². The van der Waals surface area contributed by atoms with Gasteiger partial charge >= 0.3 is 0 Å². The number of phenols is 1. The minimum atomic E-state index is 0.216. The first-order valence-electron chi connectivity index (χ1n) is 4.95. The van der Waals surface area contributed by atoms with Crippen LogP contribution in [0.2, 0.25) is 0 Å². The zero-order valence-electron chi connectivity index (χ0n) is 9.05. The molecule has 4 nitrogen and oxygen atoms in total. The smallest absolute Gasteiger partial charge is 0.146 e. The van der Waals surface area contributed by atoms with E-state index in [9.17, 15) is 5.11 Å². The highest BCUT2D eigenvalue weighted by Crippen LogP contribution is 2.25. The number of furan rings is 1. The average Bonchev–Trinajstić information content (AvgIpc) is 2.83. The van der Waals surface area contributed by atoms with Gasteiger partial charge in [-0.15, -0.1) is 0 Å². The second-order valence-electron chi connectivity index (χ2n) is 3.33. The Hall–Kier alpha value is -0.900. The predicted octanol–water partition coefficient (Wildman–Crippen LogP) is 3.65. The molecule has 0 saturated carbocycles. The fourth-order valence-corrected chi connectivity index (χ4v) is 3.12. The molecule has 0 aliphatic rings. The lowest BCUT2D eigenvalue weighted by atomic mass is 10.2. The van der Waals surface area contributed by atoms with E-state index < -0.39 is 0 Å². The molecule has 18 heavy (non-hydrogen) atoms. The van der Waals surface area contributed by atoms with Crippen molar-refractivity contribution in [1.82, 2.24) is 0 Å². The Morgan fingerprint density at radius 3 is 2.67 bits per heavy atom. The average molecular weight is 466 g/mol. The van der Waals surface area contributed by atoms with Crippen LogP contribution in [-0.4, -0.2) is 17.5 Å². The van der Waals surface area contributed by atoms with Crippen LogP contribution in [0, 0.1) is 7.14 Å². The Labute approximate surface area is 131 Å². The second kappa shape index (κ2) is 6.32. The van der Waals surface area contributed by atoms with E-state index in [1.165, 1.54) is 12.4 Å². The molecule has 1 heterocycles. The molecule has 0 atom stereocenters. The van der Waals surface area contributed by atoms with Gasteiger partial charge in [0.2, 0.25) is 0 Å². The highest BCUT2D eigenvalue weighted by molar-refractivity contribution is 14.1. The van der Waals surface area contributed by atoms with Crippen molar-refractivity contribution in [2.45, 2.75) is 0 Å². The first-order valence-corrected chi connectivity index (χ1v) is 7.10. The van der Waals surface area contributed by atoms with Crippen LogP contribution in [0.1, 0.15) is 11.3 Å². The van der Waals surface area contributed by atoms with Crippen molar-refractivity contribution < 1.29 is 9.52 Å². The molecule has 2 aromatic rings. The number of benzene rings is 1. The fourth-order valence-electron chi connectivity index (χ4n) is 1.23. The molecule has 6 heteroatoms. The molecule has 1 N–H and O–H groups in total. The van der Waals surface area contributed by atoms with Gasteiger partial charge in [0.1, 0.15) is 11.5 Å². The predicted molar refractivity (Wildman–Crippen MR) is 87.4 cm³/mol. The van der Waals surface area contributed by atoms with Crippen molar-refractivity contribution in [2.24, 2.45) is 10.2 Å². The summed E-state index contributed by atoms with van der Waals surface area (Å²) in [6.45, 7) is 0. The monoisotopic (exact) mass is 466 g/mol. The molecule has 2 rings (SSSR count). The van der Waals surface area contributed by atoms with Crippen LogP contribution in [-0.2, 0) is 0 Å². The summed E-state index contributed by atoms with van der Waals surface area (Å²) in [4.78, 5) is 0. The van der Waals surface area contributed by atoms with Crippen molar-refractivity contribution >= 4 is 57.6 Å². The summed E-state index contributed by atoms with van der Waals surface area (Å²) in [6, 6.07) is 7.29. The largest absolute Gasteiger partial charge is 0.506 e. The molecule has 1 aromatic heterocycles. The van der Waals surface area contributed by atoms with E-state index in [4.69, 9.17) is 4.42 Å². The van der Waals surface area contributed by atoms with E-state index in [0.717, 1.165) is 7.14 Å². The summed E-state index contributed by atoms with van der Waals surface area (Å²) in [5, 5.41) is 17.6. The molecule has 0 fully saturated rings. The lowest BCUT2D eigenvalue weighted by molar-refractivity contribution is 0.470. The van der Waals surface area contributed by atoms with Gasteiger partial charge in [0.15, 0.2) is 0 Å². The fraction of sp³-hybridized carbons (Fsp3) is 0. The molecule has 0 aliphatic carbocycles. The van der Waals surface area contributed by atoms with Crippen LogP contribution >= 0.6 is 45.2 Å². The van der Waals surface area contributed by atoms with Crippen LogP contribution in [0.4, 0.5) is 0 Å². The van der Waals surface area contributed by atoms with Gasteiger partial charge in [-0.2, -0.15) is 10.2 Å². The number of halogens is 2. The summed E-state index contributed by atoms with van der Waals surface area (Å²) in [5.41, 5.74) is 0.642. The molecule has 0 radical (unpaired) electrons. The number of aromatic hydroxyl groups is 1. The first kappa shape index (κ1) is 13.5. The highest BCUT2D eigenvalue weighted by Gasteiger charge is 2.04. The summed E-state index contributed by atoms with van der Waals surface area (Å²) in [7, 11) is 0. The maximum atomic E-state index is 9.83. The zero-order valence-corrected chi connectivity index (χ0v) is 13.4. The van der Waals surface area contributed by atoms with E-state index in [2.05, 4.69) is 55.4 Å². The maximum Gasteiger partial charge on any atom is 0.146 e. The third-order valence-corrected chi connectivity index (χ3v) is 3.49. The maximum absolute atomic E-state index is 9.83. The summed E-state index contributed by atoms with van der Waals surface area (Å²) in [5.74, 6) is 0.849.